The van der Waals surface area contributed by atoms with Gasteiger partial charge in [0, 0.05) is 0 Å². The lowest BCUT2D eigenvalue weighted by Gasteiger charge is -2.16. The first kappa shape index (κ1) is 16.3. The Morgan fingerprint density at radius 1 is 0.577 bits per heavy atom. The van der Waals surface area contributed by atoms with E-state index in [4.69, 9.17) is 11.6 Å². The number of amides is 2. The molecule has 0 saturated carbocycles. The average molecular weight is 360 g/mol. The van der Waals surface area contributed by atoms with Crippen molar-refractivity contribution in [3.63, 3.8) is 0 Å². The number of hydrogen-bond donors (Lipinski definition) is 0. The number of carbonyl (C=O) groups excluding carboxylic acids is 2. The van der Waals surface area contributed by atoms with Crippen LogP contribution in [0.2, 0.25) is 5.02 Å². The van der Waals surface area contributed by atoms with Crippen LogP contribution in [0.25, 0.3) is 11.1 Å². The molecule has 0 bridgehead atoms. The van der Waals surface area contributed by atoms with Gasteiger partial charge in [-0.05, 0) is 23.3 Å². The zero-order valence-electron chi connectivity index (χ0n) is 13.7. The summed E-state index contributed by atoms with van der Waals surface area (Å²) in [5.74, 6) is -0.735. The number of anilines is 1. The van der Waals surface area contributed by atoms with Crippen LogP contribution in [0.3, 0.4) is 0 Å². The Hall–Kier alpha value is -3.17. The largest absolute Gasteiger partial charge is 0.268 e. The van der Waals surface area contributed by atoms with E-state index in [2.05, 4.69) is 0 Å². The smallest absolute Gasteiger partial charge is 0.266 e. The van der Waals surface area contributed by atoms with Gasteiger partial charge in [-0.3, -0.25) is 9.59 Å². The van der Waals surface area contributed by atoms with Gasteiger partial charge in [0.05, 0.1) is 21.9 Å². The molecule has 126 valence electrons. The van der Waals surface area contributed by atoms with Crippen LogP contribution in [-0.2, 0) is 9.59 Å². The summed E-state index contributed by atoms with van der Waals surface area (Å²) in [6, 6.07) is 25.3. The van der Waals surface area contributed by atoms with Crippen molar-refractivity contribution in [3.05, 3.63) is 101 Å². The molecule has 0 radical (unpaired) electrons. The molecule has 3 aromatic carbocycles. The Morgan fingerprint density at radius 3 is 1.46 bits per heavy atom. The summed E-state index contributed by atoms with van der Waals surface area (Å²) < 4.78 is 0. The molecule has 2 amide bonds. The average Bonchev–Trinajstić information content (AvgIpc) is 2.94. The van der Waals surface area contributed by atoms with E-state index >= 15 is 0 Å². The number of nitrogens with zero attached hydrogens (tertiary/aromatic N) is 1. The second kappa shape index (κ2) is 6.62. The maximum Gasteiger partial charge on any atom is 0.266 e. The molecule has 0 spiro atoms. The summed E-state index contributed by atoms with van der Waals surface area (Å²) in [5, 5.41) is 0.357. The SMILES string of the molecule is O=C1C(c2ccccc2)=C(c2ccccc2)C(=O)N1c1ccccc1Cl. The van der Waals surface area contributed by atoms with Gasteiger partial charge in [0.1, 0.15) is 0 Å². The molecule has 0 N–H and O–H groups in total. The molecule has 0 saturated heterocycles. The second-order valence-electron chi connectivity index (χ2n) is 5.88. The van der Waals surface area contributed by atoms with Gasteiger partial charge in [0.2, 0.25) is 0 Å². The van der Waals surface area contributed by atoms with Crippen molar-refractivity contribution >= 4 is 40.2 Å². The summed E-state index contributed by atoms with van der Waals surface area (Å²) in [6.45, 7) is 0. The van der Waals surface area contributed by atoms with E-state index in [-0.39, 0.29) is 11.8 Å². The van der Waals surface area contributed by atoms with Crippen molar-refractivity contribution in [1.82, 2.24) is 0 Å². The Kier molecular flexibility index (Phi) is 4.15. The molecular weight excluding hydrogens is 346 g/mol. The summed E-state index contributed by atoms with van der Waals surface area (Å²) in [5.41, 5.74) is 2.59. The third kappa shape index (κ3) is 2.63. The number of halogens is 1. The molecule has 1 heterocycles. The van der Waals surface area contributed by atoms with Crippen LogP contribution in [0.15, 0.2) is 84.9 Å². The molecule has 4 rings (SSSR count). The van der Waals surface area contributed by atoms with Gasteiger partial charge in [-0.15, -0.1) is 0 Å². The predicted octanol–water partition coefficient (Wildman–Crippen LogP) is 4.82. The predicted molar refractivity (Wildman–Crippen MR) is 104 cm³/mol. The highest BCUT2D eigenvalue weighted by atomic mass is 35.5. The fourth-order valence-electron chi connectivity index (χ4n) is 3.13. The summed E-state index contributed by atoms with van der Waals surface area (Å²) in [4.78, 5) is 27.6. The van der Waals surface area contributed by atoms with Gasteiger partial charge in [0.15, 0.2) is 0 Å². The van der Waals surface area contributed by atoms with E-state index in [1.54, 1.807) is 24.3 Å². The van der Waals surface area contributed by atoms with Crippen LogP contribution in [0, 0.1) is 0 Å². The van der Waals surface area contributed by atoms with Crippen molar-refractivity contribution in [2.24, 2.45) is 0 Å². The van der Waals surface area contributed by atoms with E-state index in [1.807, 2.05) is 60.7 Å². The highest BCUT2D eigenvalue weighted by molar-refractivity contribution is 6.57. The van der Waals surface area contributed by atoms with Gasteiger partial charge in [-0.25, -0.2) is 4.90 Å². The molecule has 0 aliphatic carbocycles. The number of imide groups is 1. The van der Waals surface area contributed by atoms with Crippen molar-refractivity contribution in [2.75, 3.05) is 4.90 Å². The monoisotopic (exact) mass is 359 g/mol. The van der Waals surface area contributed by atoms with Crippen LogP contribution in [0.1, 0.15) is 11.1 Å². The lowest BCUT2D eigenvalue weighted by Crippen LogP contribution is -2.31. The number of benzene rings is 3. The first-order valence-electron chi connectivity index (χ1n) is 8.17. The normalized spacial score (nSPS) is 14.3. The number of para-hydroxylation sites is 1. The van der Waals surface area contributed by atoms with E-state index in [0.717, 1.165) is 4.90 Å². The third-order valence-electron chi connectivity index (χ3n) is 4.30. The topological polar surface area (TPSA) is 37.4 Å². The Morgan fingerprint density at radius 2 is 1.00 bits per heavy atom. The number of carbonyl (C=O) groups is 2. The number of hydrogen-bond acceptors (Lipinski definition) is 2. The van der Waals surface area contributed by atoms with Gasteiger partial charge < -0.3 is 0 Å². The fourth-order valence-corrected chi connectivity index (χ4v) is 3.35. The van der Waals surface area contributed by atoms with Gasteiger partial charge >= 0.3 is 0 Å². The fraction of sp³-hybridized carbons (Fsp3) is 0. The minimum atomic E-state index is -0.367. The second-order valence-corrected chi connectivity index (χ2v) is 6.29. The highest BCUT2D eigenvalue weighted by Gasteiger charge is 2.41. The van der Waals surface area contributed by atoms with Crippen molar-refractivity contribution < 1.29 is 9.59 Å². The van der Waals surface area contributed by atoms with Crippen LogP contribution in [0.5, 0.6) is 0 Å². The summed E-state index contributed by atoms with van der Waals surface area (Å²) >= 11 is 6.26. The van der Waals surface area contributed by atoms with E-state index in [0.29, 0.717) is 33.0 Å². The Bertz CT molecular complexity index is 965. The molecule has 1 aliphatic rings. The first-order chi connectivity index (χ1) is 12.7. The van der Waals surface area contributed by atoms with Crippen molar-refractivity contribution in [1.29, 1.82) is 0 Å². The van der Waals surface area contributed by atoms with E-state index in [1.165, 1.54) is 0 Å². The summed E-state index contributed by atoms with van der Waals surface area (Å²) in [7, 11) is 0. The number of rotatable bonds is 3. The van der Waals surface area contributed by atoms with Crippen LogP contribution >= 0.6 is 11.6 Å². The highest BCUT2D eigenvalue weighted by Crippen LogP contribution is 2.39. The standard InChI is InChI=1S/C22H14ClNO2/c23-17-13-7-8-14-18(17)24-21(25)19(15-9-3-1-4-10-15)20(22(24)26)16-11-5-2-6-12-16/h1-14H. The Balaban J connectivity index is 1.94. The molecule has 26 heavy (non-hydrogen) atoms. The zero-order valence-corrected chi connectivity index (χ0v) is 14.5. The van der Waals surface area contributed by atoms with Gasteiger partial charge in [-0.2, -0.15) is 0 Å². The molecular formula is C22H14ClNO2. The van der Waals surface area contributed by atoms with Crippen LogP contribution in [-0.4, -0.2) is 11.8 Å². The Labute approximate surface area is 156 Å². The lowest BCUT2D eigenvalue weighted by molar-refractivity contribution is -0.119. The molecule has 1 aliphatic heterocycles. The molecule has 3 aromatic rings. The van der Waals surface area contributed by atoms with Gasteiger partial charge in [0.25, 0.3) is 11.8 Å². The van der Waals surface area contributed by atoms with Crippen LogP contribution in [0.4, 0.5) is 5.69 Å². The summed E-state index contributed by atoms with van der Waals surface area (Å²) in [6.07, 6.45) is 0. The molecule has 0 fully saturated rings. The van der Waals surface area contributed by atoms with Crippen molar-refractivity contribution in [2.45, 2.75) is 0 Å². The molecule has 0 unspecified atom stereocenters. The van der Waals surface area contributed by atoms with E-state index < -0.39 is 0 Å². The molecule has 0 atom stereocenters. The van der Waals surface area contributed by atoms with Crippen molar-refractivity contribution in [3.8, 4) is 0 Å². The van der Waals surface area contributed by atoms with E-state index in [9.17, 15) is 9.59 Å². The minimum Gasteiger partial charge on any atom is -0.268 e. The molecule has 3 nitrogen and oxygen atoms in total. The zero-order chi connectivity index (χ0) is 18.1. The van der Waals surface area contributed by atoms with Crippen LogP contribution < -0.4 is 4.90 Å². The third-order valence-corrected chi connectivity index (χ3v) is 4.62. The quantitative estimate of drug-likeness (QED) is 0.628. The molecule has 0 aromatic heterocycles. The maximum absolute atomic E-state index is 13.2. The van der Waals surface area contributed by atoms with Gasteiger partial charge in [-0.1, -0.05) is 84.4 Å². The first-order valence-corrected chi connectivity index (χ1v) is 8.54. The molecule has 4 heteroatoms. The maximum atomic E-state index is 13.2. The lowest BCUT2D eigenvalue weighted by atomic mass is 9.96. The minimum absolute atomic E-state index is 0.357.